The molecule has 1 aromatic rings. The molecule has 0 aliphatic carbocycles. The standard InChI is InChI=1S/C12H17NO3/c14-6-3-10-9-11(1-2-12(10)15)13-4-7-16-8-5-13/h1-2,9,14-15H,3-8H2. The van der Waals surface area contributed by atoms with E-state index in [0.717, 1.165) is 37.6 Å². The third-order valence-electron chi connectivity index (χ3n) is 2.82. The summed E-state index contributed by atoms with van der Waals surface area (Å²) < 4.78 is 5.29. The molecule has 1 fully saturated rings. The number of benzene rings is 1. The molecule has 1 aliphatic heterocycles. The van der Waals surface area contributed by atoms with Gasteiger partial charge in [0.2, 0.25) is 0 Å². The Morgan fingerprint density at radius 2 is 2.00 bits per heavy atom. The van der Waals surface area contributed by atoms with Gasteiger partial charge >= 0.3 is 0 Å². The van der Waals surface area contributed by atoms with Crippen molar-refractivity contribution in [3.05, 3.63) is 23.8 Å². The minimum atomic E-state index is 0.0557. The molecule has 0 radical (unpaired) electrons. The highest BCUT2D eigenvalue weighted by Crippen LogP contribution is 2.25. The van der Waals surface area contributed by atoms with Gasteiger partial charge in [-0.05, 0) is 30.2 Å². The molecule has 4 heteroatoms. The second-order valence-electron chi connectivity index (χ2n) is 3.89. The van der Waals surface area contributed by atoms with Crippen molar-refractivity contribution in [2.75, 3.05) is 37.8 Å². The van der Waals surface area contributed by atoms with Gasteiger partial charge in [0.15, 0.2) is 0 Å². The van der Waals surface area contributed by atoms with E-state index in [0.29, 0.717) is 6.42 Å². The Bertz CT molecular complexity index is 348. The highest BCUT2D eigenvalue weighted by molar-refractivity contribution is 5.53. The van der Waals surface area contributed by atoms with E-state index in [-0.39, 0.29) is 12.4 Å². The van der Waals surface area contributed by atoms with Gasteiger partial charge in [0, 0.05) is 25.4 Å². The van der Waals surface area contributed by atoms with Crippen molar-refractivity contribution < 1.29 is 14.9 Å². The molecule has 0 spiro atoms. The van der Waals surface area contributed by atoms with Crippen molar-refractivity contribution in [2.45, 2.75) is 6.42 Å². The Labute approximate surface area is 95.1 Å². The molecule has 16 heavy (non-hydrogen) atoms. The lowest BCUT2D eigenvalue weighted by molar-refractivity contribution is 0.122. The number of phenolic OH excluding ortho intramolecular Hbond substituents is 1. The van der Waals surface area contributed by atoms with Crippen molar-refractivity contribution in [3.63, 3.8) is 0 Å². The van der Waals surface area contributed by atoms with Gasteiger partial charge in [0.05, 0.1) is 13.2 Å². The number of morpholine rings is 1. The molecule has 0 aromatic heterocycles. The summed E-state index contributed by atoms with van der Waals surface area (Å²) in [5.74, 6) is 0.256. The maximum absolute atomic E-state index is 9.61. The zero-order valence-corrected chi connectivity index (χ0v) is 9.22. The molecule has 0 amide bonds. The second-order valence-corrected chi connectivity index (χ2v) is 3.89. The molecule has 1 saturated heterocycles. The molecule has 88 valence electrons. The third-order valence-corrected chi connectivity index (χ3v) is 2.82. The van der Waals surface area contributed by atoms with Crippen LogP contribution in [-0.4, -0.2) is 43.1 Å². The van der Waals surface area contributed by atoms with E-state index >= 15 is 0 Å². The molecule has 1 aliphatic rings. The Morgan fingerprint density at radius 1 is 1.25 bits per heavy atom. The monoisotopic (exact) mass is 223 g/mol. The first-order valence-corrected chi connectivity index (χ1v) is 5.56. The average Bonchev–Trinajstić information content (AvgIpc) is 2.33. The van der Waals surface area contributed by atoms with Gasteiger partial charge in [-0.2, -0.15) is 0 Å². The number of ether oxygens (including phenoxy) is 1. The summed E-state index contributed by atoms with van der Waals surface area (Å²) in [7, 11) is 0. The lowest BCUT2D eigenvalue weighted by atomic mass is 10.1. The molecule has 0 unspecified atom stereocenters. The number of aliphatic hydroxyl groups excluding tert-OH is 1. The number of anilines is 1. The van der Waals surface area contributed by atoms with Crippen molar-refractivity contribution in [2.24, 2.45) is 0 Å². The van der Waals surface area contributed by atoms with Gasteiger partial charge in [-0.25, -0.2) is 0 Å². The van der Waals surface area contributed by atoms with Crippen LogP contribution in [0.2, 0.25) is 0 Å². The van der Waals surface area contributed by atoms with Crippen molar-refractivity contribution in [1.29, 1.82) is 0 Å². The van der Waals surface area contributed by atoms with E-state index in [1.54, 1.807) is 6.07 Å². The van der Waals surface area contributed by atoms with Crippen LogP contribution in [0.25, 0.3) is 0 Å². The molecule has 0 atom stereocenters. The average molecular weight is 223 g/mol. The Morgan fingerprint density at radius 3 is 2.69 bits per heavy atom. The predicted molar refractivity (Wildman–Crippen MR) is 61.9 cm³/mol. The van der Waals surface area contributed by atoms with Crippen LogP contribution < -0.4 is 4.90 Å². The lowest BCUT2D eigenvalue weighted by Gasteiger charge is -2.29. The number of rotatable bonds is 3. The fourth-order valence-corrected chi connectivity index (χ4v) is 1.91. The first-order chi connectivity index (χ1) is 7.81. The topological polar surface area (TPSA) is 52.9 Å². The lowest BCUT2D eigenvalue weighted by Crippen LogP contribution is -2.36. The van der Waals surface area contributed by atoms with Crippen molar-refractivity contribution >= 4 is 5.69 Å². The number of aromatic hydroxyl groups is 1. The van der Waals surface area contributed by atoms with Crippen LogP contribution in [0.5, 0.6) is 5.75 Å². The second kappa shape index (κ2) is 5.18. The van der Waals surface area contributed by atoms with Gasteiger partial charge in [-0.3, -0.25) is 0 Å². The minimum absolute atomic E-state index is 0.0557. The molecule has 1 heterocycles. The van der Waals surface area contributed by atoms with Crippen LogP contribution in [0.3, 0.4) is 0 Å². The first kappa shape index (κ1) is 11.2. The van der Waals surface area contributed by atoms with Crippen LogP contribution in [0.15, 0.2) is 18.2 Å². The predicted octanol–water partition coefficient (Wildman–Crippen LogP) is 0.764. The van der Waals surface area contributed by atoms with Crippen LogP contribution in [0, 0.1) is 0 Å². The molecule has 0 bridgehead atoms. The smallest absolute Gasteiger partial charge is 0.119 e. The highest BCUT2D eigenvalue weighted by atomic mass is 16.5. The third kappa shape index (κ3) is 2.46. The number of phenols is 1. The first-order valence-electron chi connectivity index (χ1n) is 5.56. The van der Waals surface area contributed by atoms with E-state index in [4.69, 9.17) is 9.84 Å². The fourth-order valence-electron chi connectivity index (χ4n) is 1.91. The van der Waals surface area contributed by atoms with Crippen LogP contribution in [0.1, 0.15) is 5.56 Å². The summed E-state index contributed by atoms with van der Waals surface area (Å²) in [5, 5.41) is 18.5. The maximum atomic E-state index is 9.61. The van der Waals surface area contributed by atoms with E-state index in [1.165, 1.54) is 0 Å². The summed E-state index contributed by atoms with van der Waals surface area (Å²) in [4.78, 5) is 2.23. The van der Waals surface area contributed by atoms with Crippen LogP contribution >= 0.6 is 0 Å². The molecular formula is C12H17NO3. The molecule has 2 N–H and O–H groups in total. The number of nitrogens with zero attached hydrogens (tertiary/aromatic N) is 1. The summed E-state index contributed by atoms with van der Waals surface area (Å²) in [6.07, 6.45) is 0.490. The van der Waals surface area contributed by atoms with E-state index in [1.807, 2.05) is 12.1 Å². The van der Waals surface area contributed by atoms with E-state index < -0.39 is 0 Å². The maximum Gasteiger partial charge on any atom is 0.119 e. The van der Waals surface area contributed by atoms with E-state index in [2.05, 4.69) is 4.90 Å². The van der Waals surface area contributed by atoms with Crippen LogP contribution in [-0.2, 0) is 11.2 Å². The van der Waals surface area contributed by atoms with Crippen molar-refractivity contribution in [3.8, 4) is 5.75 Å². The fraction of sp³-hybridized carbons (Fsp3) is 0.500. The molecular weight excluding hydrogens is 206 g/mol. The number of hydrogen-bond acceptors (Lipinski definition) is 4. The van der Waals surface area contributed by atoms with Gasteiger partial charge in [-0.15, -0.1) is 0 Å². The zero-order chi connectivity index (χ0) is 11.4. The number of aliphatic hydroxyl groups is 1. The molecule has 2 rings (SSSR count). The number of hydrogen-bond donors (Lipinski definition) is 2. The zero-order valence-electron chi connectivity index (χ0n) is 9.22. The molecule has 4 nitrogen and oxygen atoms in total. The van der Waals surface area contributed by atoms with Gasteiger partial charge < -0.3 is 19.8 Å². The largest absolute Gasteiger partial charge is 0.508 e. The van der Waals surface area contributed by atoms with E-state index in [9.17, 15) is 5.11 Å². The summed E-state index contributed by atoms with van der Waals surface area (Å²) in [5.41, 5.74) is 1.89. The summed E-state index contributed by atoms with van der Waals surface area (Å²) in [6, 6.07) is 5.54. The van der Waals surface area contributed by atoms with Gasteiger partial charge in [-0.1, -0.05) is 0 Å². The normalized spacial score (nSPS) is 16.4. The highest BCUT2D eigenvalue weighted by Gasteiger charge is 2.12. The minimum Gasteiger partial charge on any atom is -0.508 e. The van der Waals surface area contributed by atoms with Crippen molar-refractivity contribution in [1.82, 2.24) is 0 Å². The summed E-state index contributed by atoms with van der Waals surface area (Å²) in [6.45, 7) is 3.30. The molecule has 1 aromatic carbocycles. The van der Waals surface area contributed by atoms with Gasteiger partial charge in [0.1, 0.15) is 5.75 Å². The summed E-state index contributed by atoms with van der Waals surface area (Å²) >= 11 is 0. The SMILES string of the molecule is OCCc1cc(N2CCOCC2)ccc1O. The Kier molecular flexibility index (Phi) is 3.64. The van der Waals surface area contributed by atoms with Crippen LogP contribution in [0.4, 0.5) is 5.69 Å². The Balaban J connectivity index is 2.17. The molecule has 0 saturated carbocycles. The quantitative estimate of drug-likeness (QED) is 0.794. The Hall–Kier alpha value is -1.26. The van der Waals surface area contributed by atoms with Gasteiger partial charge in [0.25, 0.3) is 0 Å².